The van der Waals surface area contributed by atoms with Gasteiger partial charge in [0.15, 0.2) is 0 Å². The Morgan fingerprint density at radius 3 is 2.41 bits per heavy atom. The summed E-state index contributed by atoms with van der Waals surface area (Å²) in [6.07, 6.45) is 4.51. The molecule has 1 atom stereocenters. The van der Waals surface area contributed by atoms with Gasteiger partial charge in [-0.3, -0.25) is 14.5 Å². The number of hydrogen-bond donors (Lipinski definition) is 3. The lowest BCUT2D eigenvalue weighted by Crippen LogP contribution is -2.43. The zero-order valence-corrected chi connectivity index (χ0v) is 18.2. The van der Waals surface area contributed by atoms with Gasteiger partial charge in [-0.05, 0) is 56.2 Å². The molecule has 0 spiro atoms. The number of aryl methyl sites for hydroxylation is 2. The van der Waals surface area contributed by atoms with Crippen molar-refractivity contribution in [2.45, 2.75) is 51.6 Å². The van der Waals surface area contributed by atoms with Crippen LogP contribution in [0.5, 0.6) is 0 Å². The maximum atomic E-state index is 12.6. The van der Waals surface area contributed by atoms with Gasteiger partial charge in [-0.1, -0.05) is 18.2 Å². The van der Waals surface area contributed by atoms with E-state index in [0.717, 1.165) is 29.7 Å². The van der Waals surface area contributed by atoms with Crippen molar-refractivity contribution in [3.63, 3.8) is 0 Å². The van der Waals surface area contributed by atoms with Crippen LogP contribution in [0.15, 0.2) is 18.2 Å². The summed E-state index contributed by atoms with van der Waals surface area (Å²) in [5.41, 5.74) is 2.87. The molecule has 29 heavy (non-hydrogen) atoms. The molecule has 0 radical (unpaired) electrons. The number of thioether (sulfide) groups is 1. The van der Waals surface area contributed by atoms with Crippen LogP contribution in [0.3, 0.4) is 0 Å². The van der Waals surface area contributed by atoms with Crippen molar-refractivity contribution in [3.05, 3.63) is 29.3 Å². The monoisotopic (exact) mass is 421 g/mol. The number of hydrogen-bond acceptors (Lipinski definition) is 5. The number of carboxylic acids is 1. The number of aliphatic carboxylic acids is 1. The highest BCUT2D eigenvalue weighted by Crippen LogP contribution is 2.27. The summed E-state index contributed by atoms with van der Waals surface area (Å²) < 4.78 is 0. The molecule has 0 aliphatic heterocycles. The third kappa shape index (κ3) is 7.70. The first-order chi connectivity index (χ1) is 13.8. The summed E-state index contributed by atoms with van der Waals surface area (Å²) >= 11 is 1.55. The molecule has 0 heterocycles. The van der Waals surface area contributed by atoms with Crippen LogP contribution in [-0.4, -0.2) is 65.0 Å². The molecule has 1 aromatic rings. The molecule has 7 nitrogen and oxygen atoms in total. The van der Waals surface area contributed by atoms with E-state index in [9.17, 15) is 19.5 Å². The average molecular weight is 422 g/mol. The quantitative estimate of drug-likeness (QED) is 0.479. The number of carbonyl (C=O) groups is 3. The molecule has 0 saturated heterocycles. The van der Waals surface area contributed by atoms with Crippen molar-refractivity contribution in [1.29, 1.82) is 0 Å². The third-order valence-corrected chi connectivity index (χ3v) is 5.67. The van der Waals surface area contributed by atoms with Crippen LogP contribution in [0.1, 0.15) is 36.8 Å². The number of anilines is 1. The molecule has 2 amide bonds. The molecule has 1 saturated carbocycles. The molecule has 160 valence electrons. The van der Waals surface area contributed by atoms with E-state index < -0.39 is 12.0 Å². The molecule has 2 rings (SSSR count). The van der Waals surface area contributed by atoms with Crippen molar-refractivity contribution in [2.75, 3.05) is 30.4 Å². The Hall–Kier alpha value is -2.06. The second-order valence-electron chi connectivity index (χ2n) is 7.51. The molecule has 1 unspecified atom stereocenters. The van der Waals surface area contributed by atoms with Crippen LogP contribution >= 0.6 is 11.8 Å². The fourth-order valence-electron chi connectivity index (χ4n) is 3.21. The number of rotatable bonds is 12. The van der Waals surface area contributed by atoms with Crippen molar-refractivity contribution < 1.29 is 19.5 Å². The first-order valence-electron chi connectivity index (χ1n) is 9.93. The van der Waals surface area contributed by atoms with E-state index >= 15 is 0 Å². The van der Waals surface area contributed by atoms with Crippen LogP contribution in [0.25, 0.3) is 0 Å². The number of benzene rings is 1. The molecular weight excluding hydrogens is 390 g/mol. The fraction of sp³-hybridized carbons (Fsp3) is 0.571. The molecule has 8 heteroatoms. The van der Waals surface area contributed by atoms with Gasteiger partial charge in [-0.2, -0.15) is 11.8 Å². The third-order valence-electron chi connectivity index (χ3n) is 5.03. The van der Waals surface area contributed by atoms with Crippen molar-refractivity contribution in [3.8, 4) is 0 Å². The predicted molar refractivity (Wildman–Crippen MR) is 116 cm³/mol. The summed E-state index contributed by atoms with van der Waals surface area (Å²) in [4.78, 5) is 38.1. The summed E-state index contributed by atoms with van der Waals surface area (Å²) in [5.74, 6) is -0.735. The SMILES string of the molecule is CSCCC(NC(=O)CCN(CC(=O)Nc1c(C)cccc1C)C1CC1)C(=O)O. The number of para-hydroxylation sites is 1. The lowest BCUT2D eigenvalue weighted by Gasteiger charge is -2.22. The normalized spacial score (nSPS) is 14.5. The largest absolute Gasteiger partial charge is 0.480 e. The Kier molecular flexibility index (Phi) is 8.98. The van der Waals surface area contributed by atoms with E-state index in [1.54, 1.807) is 11.8 Å². The lowest BCUT2D eigenvalue weighted by molar-refractivity contribution is -0.141. The molecule has 3 N–H and O–H groups in total. The molecular formula is C21H31N3O4S. The van der Waals surface area contributed by atoms with E-state index in [0.29, 0.717) is 24.8 Å². The minimum atomic E-state index is -1.01. The number of nitrogens with one attached hydrogen (secondary N) is 2. The molecule has 0 bridgehead atoms. The minimum Gasteiger partial charge on any atom is -0.480 e. The minimum absolute atomic E-state index is 0.0990. The summed E-state index contributed by atoms with van der Waals surface area (Å²) in [6, 6.07) is 5.33. The van der Waals surface area contributed by atoms with E-state index in [1.165, 1.54) is 0 Å². The number of carboxylic acid groups (broad SMARTS) is 1. The Balaban J connectivity index is 1.86. The standard InChI is InChI=1S/C21H31N3O4S/c1-14-5-4-6-15(2)20(14)23-19(26)13-24(16-7-8-16)11-9-18(25)22-17(21(27)28)10-12-29-3/h4-6,16-17H,7-13H2,1-3H3,(H,22,25)(H,23,26)(H,27,28). The molecule has 1 aliphatic rings. The van der Waals surface area contributed by atoms with Crippen LogP contribution in [0, 0.1) is 13.8 Å². The summed E-state index contributed by atoms with van der Waals surface area (Å²) in [6.45, 7) is 4.58. The van der Waals surface area contributed by atoms with Gasteiger partial charge in [0.2, 0.25) is 11.8 Å². The van der Waals surface area contributed by atoms with E-state index in [2.05, 4.69) is 10.6 Å². The second-order valence-corrected chi connectivity index (χ2v) is 8.49. The smallest absolute Gasteiger partial charge is 0.326 e. The highest BCUT2D eigenvalue weighted by atomic mass is 32.2. The zero-order valence-electron chi connectivity index (χ0n) is 17.4. The van der Waals surface area contributed by atoms with E-state index in [1.807, 2.05) is 43.2 Å². The van der Waals surface area contributed by atoms with Gasteiger partial charge in [0.1, 0.15) is 6.04 Å². The maximum Gasteiger partial charge on any atom is 0.326 e. The van der Waals surface area contributed by atoms with Crippen LogP contribution in [0.2, 0.25) is 0 Å². The Bertz CT molecular complexity index is 716. The molecule has 1 aliphatic carbocycles. The van der Waals surface area contributed by atoms with E-state index in [-0.39, 0.29) is 24.8 Å². The maximum absolute atomic E-state index is 12.6. The van der Waals surface area contributed by atoms with Gasteiger partial charge < -0.3 is 15.7 Å². The summed E-state index contributed by atoms with van der Waals surface area (Å²) in [7, 11) is 0. The zero-order chi connectivity index (χ0) is 21.4. The second kappa shape index (κ2) is 11.2. The van der Waals surface area contributed by atoms with Gasteiger partial charge in [0.05, 0.1) is 6.54 Å². The van der Waals surface area contributed by atoms with Gasteiger partial charge in [0.25, 0.3) is 0 Å². The average Bonchev–Trinajstić information content (AvgIpc) is 3.50. The lowest BCUT2D eigenvalue weighted by atomic mass is 10.1. The summed E-state index contributed by atoms with van der Waals surface area (Å²) in [5, 5.41) is 14.8. The van der Waals surface area contributed by atoms with E-state index in [4.69, 9.17) is 0 Å². The highest BCUT2D eigenvalue weighted by molar-refractivity contribution is 7.98. The first-order valence-corrected chi connectivity index (χ1v) is 11.3. The van der Waals surface area contributed by atoms with Crippen molar-refractivity contribution in [1.82, 2.24) is 10.2 Å². The Morgan fingerprint density at radius 2 is 1.86 bits per heavy atom. The van der Waals surface area contributed by atoms with Crippen molar-refractivity contribution >= 4 is 35.2 Å². The van der Waals surface area contributed by atoms with Crippen LogP contribution < -0.4 is 10.6 Å². The van der Waals surface area contributed by atoms with Crippen LogP contribution in [-0.2, 0) is 14.4 Å². The molecule has 1 fully saturated rings. The van der Waals surface area contributed by atoms with Crippen LogP contribution in [0.4, 0.5) is 5.69 Å². The fourth-order valence-corrected chi connectivity index (χ4v) is 3.68. The first kappa shape index (κ1) is 23.2. The predicted octanol–water partition coefficient (Wildman–Crippen LogP) is 2.42. The molecule has 1 aromatic carbocycles. The number of nitrogens with zero attached hydrogens (tertiary/aromatic N) is 1. The van der Waals surface area contributed by atoms with Gasteiger partial charge >= 0.3 is 5.97 Å². The Labute approximate surface area is 176 Å². The van der Waals surface area contributed by atoms with Gasteiger partial charge in [-0.15, -0.1) is 0 Å². The number of amides is 2. The molecule has 0 aromatic heterocycles. The Morgan fingerprint density at radius 1 is 1.21 bits per heavy atom. The van der Waals surface area contributed by atoms with Gasteiger partial charge in [0, 0.05) is 24.7 Å². The number of carbonyl (C=O) groups excluding carboxylic acids is 2. The topological polar surface area (TPSA) is 98.7 Å². The highest BCUT2D eigenvalue weighted by Gasteiger charge is 2.31. The van der Waals surface area contributed by atoms with Crippen molar-refractivity contribution in [2.24, 2.45) is 0 Å². The van der Waals surface area contributed by atoms with Gasteiger partial charge in [-0.25, -0.2) is 4.79 Å².